The summed E-state index contributed by atoms with van der Waals surface area (Å²) in [6.07, 6.45) is 4.63. The van der Waals surface area contributed by atoms with Crippen molar-refractivity contribution < 1.29 is 9.53 Å². The molecule has 0 aromatic rings. The number of rotatable bonds is 2. The van der Waals surface area contributed by atoms with E-state index < -0.39 is 0 Å². The molecule has 2 aliphatic heterocycles. The fourth-order valence-corrected chi connectivity index (χ4v) is 3.14. The molecule has 90 valence electrons. The largest absolute Gasteiger partial charge is 0.376 e. The lowest BCUT2D eigenvalue weighted by atomic mass is 10.1. The molecular formula is C12H20N2O2. The number of hydrogen-bond donors (Lipinski definition) is 1. The lowest BCUT2D eigenvalue weighted by molar-refractivity contribution is -0.135. The van der Waals surface area contributed by atoms with Crippen LogP contribution >= 0.6 is 0 Å². The fraction of sp³-hybridized carbons (Fsp3) is 0.917. The first-order valence-corrected chi connectivity index (χ1v) is 6.36. The van der Waals surface area contributed by atoms with E-state index in [0.29, 0.717) is 5.91 Å². The Morgan fingerprint density at radius 3 is 2.81 bits per heavy atom. The highest BCUT2D eigenvalue weighted by atomic mass is 16.5. The second kappa shape index (κ2) is 3.44. The molecule has 1 spiro atoms. The summed E-state index contributed by atoms with van der Waals surface area (Å²) in [4.78, 5) is 14.3. The van der Waals surface area contributed by atoms with E-state index in [1.807, 2.05) is 4.90 Å². The highest BCUT2D eigenvalue weighted by Gasteiger charge is 2.59. The number of nitrogens with one attached hydrogen (secondary N) is 1. The van der Waals surface area contributed by atoms with Gasteiger partial charge in [-0.2, -0.15) is 0 Å². The number of amides is 1. The molecule has 3 aliphatic rings. The van der Waals surface area contributed by atoms with E-state index in [9.17, 15) is 4.79 Å². The van der Waals surface area contributed by atoms with Crippen LogP contribution in [-0.4, -0.2) is 41.3 Å². The Morgan fingerprint density at radius 2 is 2.31 bits per heavy atom. The third-order valence-electron chi connectivity index (χ3n) is 4.24. The van der Waals surface area contributed by atoms with Gasteiger partial charge in [0.05, 0.1) is 23.9 Å². The zero-order chi connectivity index (χ0) is 11.3. The summed E-state index contributed by atoms with van der Waals surface area (Å²) >= 11 is 0. The van der Waals surface area contributed by atoms with Crippen LogP contribution < -0.4 is 5.32 Å². The molecule has 1 N–H and O–H groups in total. The van der Waals surface area contributed by atoms with Gasteiger partial charge in [-0.05, 0) is 39.5 Å². The van der Waals surface area contributed by atoms with E-state index >= 15 is 0 Å². The number of carbonyl (C=O) groups is 1. The van der Waals surface area contributed by atoms with Crippen LogP contribution in [0.3, 0.4) is 0 Å². The molecule has 1 saturated carbocycles. The molecule has 4 heteroatoms. The van der Waals surface area contributed by atoms with Gasteiger partial charge in [-0.3, -0.25) is 10.1 Å². The van der Waals surface area contributed by atoms with E-state index in [1.54, 1.807) is 0 Å². The first-order valence-electron chi connectivity index (χ1n) is 6.36. The second-order valence-electron chi connectivity index (χ2n) is 5.41. The Labute approximate surface area is 96.3 Å². The predicted molar refractivity (Wildman–Crippen MR) is 59.8 cm³/mol. The van der Waals surface area contributed by atoms with Crippen LogP contribution in [0.1, 0.15) is 39.5 Å². The summed E-state index contributed by atoms with van der Waals surface area (Å²) in [6.45, 7) is 5.05. The van der Waals surface area contributed by atoms with Crippen LogP contribution in [-0.2, 0) is 9.53 Å². The first kappa shape index (κ1) is 10.5. The van der Waals surface area contributed by atoms with Gasteiger partial charge in [-0.1, -0.05) is 0 Å². The molecule has 2 saturated heterocycles. The average molecular weight is 224 g/mol. The van der Waals surface area contributed by atoms with Crippen LogP contribution in [0.15, 0.2) is 0 Å². The van der Waals surface area contributed by atoms with E-state index in [-0.39, 0.29) is 23.9 Å². The van der Waals surface area contributed by atoms with Crippen molar-refractivity contribution >= 4 is 5.91 Å². The van der Waals surface area contributed by atoms with Gasteiger partial charge >= 0.3 is 0 Å². The summed E-state index contributed by atoms with van der Waals surface area (Å²) < 4.78 is 5.69. The Bertz CT molecular complexity index is 308. The van der Waals surface area contributed by atoms with Crippen LogP contribution in [0.5, 0.6) is 0 Å². The summed E-state index contributed by atoms with van der Waals surface area (Å²) in [5.41, 5.74) is -0.188. The van der Waals surface area contributed by atoms with Crippen LogP contribution in [0.4, 0.5) is 0 Å². The summed E-state index contributed by atoms with van der Waals surface area (Å²) in [5.74, 6) is 0.294. The molecular weight excluding hydrogens is 204 g/mol. The lowest BCUT2D eigenvalue weighted by Gasteiger charge is -2.31. The molecule has 3 atom stereocenters. The molecule has 0 aromatic heterocycles. The lowest BCUT2D eigenvalue weighted by Crippen LogP contribution is -2.47. The van der Waals surface area contributed by atoms with E-state index in [2.05, 4.69) is 19.2 Å². The second-order valence-corrected chi connectivity index (χ2v) is 5.41. The van der Waals surface area contributed by atoms with Gasteiger partial charge in [0.15, 0.2) is 0 Å². The van der Waals surface area contributed by atoms with Crippen LogP contribution in [0.2, 0.25) is 0 Å². The van der Waals surface area contributed by atoms with Crippen molar-refractivity contribution in [3.63, 3.8) is 0 Å². The van der Waals surface area contributed by atoms with E-state index in [0.717, 1.165) is 32.3 Å². The van der Waals surface area contributed by atoms with Gasteiger partial charge in [0, 0.05) is 6.61 Å². The Morgan fingerprint density at radius 1 is 1.56 bits per heavy atom. The molecule has 4 nitrogen and oxygen atoms in total. The summed E-state index contributed by atoms with van der Waals surface area (Å²) in [7, 11) is 0. The van der Waals surface area contributed by atoms with Crippen molar-refractivity contribution in [1.82, 2.24) is 10.2 Å². The smallest absolute Gasteiger partial charge is 0.244 e. The molecule has 1 amide bonds. The van der Waals surface area contributed by atoms with E-state index in [4.69, 9.17) is 4.74 Å². The monoisotopic (exact) mass is 224 g/mol. The van der Waals surface area contributed by atoms with Gasteiger partial charge in [0.1, 0.15) is 0 Å². The molecule has 0 bridgehead atoms. The molecule has 3 fully saturated rings. The number of nitrogens with zero attached hydrogens (tertiary/aromatic N) is 1. The predicted octanol–water partition coefficient (Wildman–Crippen LogP) is 0.864. The number of carbonyl (C=O) groups excluding carboxylic acids is 1. The average Bonchev–Trinajstić information content (AvgIpc) is 2.76. The van der Waals surface area contributed by atoms with Gasteiger partial charge in [0.25, 0.3) is 0 Å². The number of ether oxygens (including phenoxy) is 1. The first-order chi connectivity index (χ1) is 7.64. The van der Waals surface area contributed by atoms with Gasteiger partial charge in [-0.15, -0.1) is 0 Å². The van der Waals surface area contributed by atoms with Crippen molar-refractivity contribution in [2.45, 2.75) is 63.4 Å². The normalized spacial score (nSPS) is 38.4. The topological polar surface area (TPSA) is 41.6 Å². The van der Waals surface area contributed by atoms with Gasteiger partial charge in [-0.25, -0.2) is 0 Å². The van der Waals surface area contributed by atoms with Gasteiger partial charge in [0.2, 0.25) is 5.91 Å². The zero-order valence-electron chi connectivity index (χ0n) is 10.0. The molecule has 16 heavy (non-hydrogen) atoms. The van der Waals surface area contributed by atoms with Crippen molar-refractivity contribution in [1.29, 1.82) is 0 Å². The Kier molecular flexibility index (Phi) is 2.27. The Hall–Kier alpha value is -0.610. The molecule has 3 unspecified atom stereocenters. The standard InChI is InChI=1S/C12H20N2O2/c1-8(10-4-3-7-16-10)14-9(2)13-12(5-6-12)11(14)15/h8-10,13H,3-7H2,1-2H3. The van der Waals surface area contributed by atoms with Crippen molar-refractivity contribution in [3.05, 3.63) is 0 Å². The highest BCUT2D eigenvalue weighted by Crippen LogP contribution is 2.43. The van der Waals surface area contributed by atoms with Crippen molar-refractivity contribution in [3.8, 4) is 0 Å². The molecule has 2 heterocycles. The van der Waals surface area contributed by atoms with Crippen molar-refractivity contribution in [2.24, 2.45) is 0 Å². The third-order valence-corrected chi connectivity index (χ3v) is 4.24. The third kappa shape index (κ3) is 1.39. The summed E-state index contributed by atoms with van der Waals surface area (Å²) in [6, 6.07) is 0.206. The Balaban J connectivity index is 1.75. The highest BCUT2D eigenvalue weighted by molar-refractivity contribution is 5.92. The maximum absolute atomic E-state index is 12.3. The minimum absolute atomic E-state index is 0.161. The summed E-state index contributed by atoms with van der Waals surface area (Å²) in [5, 5.41) is 3.43. The molecule has 0 aromatic carbocycles. The van der Waals surface area contributed by atoms with Crippen LogP contribution in [0.25, 0.3) is 0 Å². The van der Waals surface area contributed by atoms with Crippen LogP contribution in [0, 0.1) is 0 Å². The maximum Gasteiger partial charge on any atom is 0.244 e. The van der Waals surface area contributed by atoms with E-state index in [1.165, 1.54) is 0 Å². The maximum atomic E-state index is 12.3. The fourth-order valence-electron chi connectivity index (χ4n) is 3.14. The SMILES string of the molecule is CC1NC2(CC2)C(=O)N1C(C)C1CCCO1. The minimum Gasteiger partial charge on any atom is -0.376 e. The molecule has 0 radical (unpaired) electrons. The molecule has 3 rings (SSSR count). The zero-order valence-corrected chi connectivity index (χ0v) is 10.0. The number of hydrogen-bond acceptors (Lipinski definition) is 3. The minimum atomic E-state index is -0.188. The molecule has 1 aliphatic carbocycles. The van der Waals surface area contributed by atoms with Gasteiger partial charge < -0.3 is 9.64 Å². The quantitative estimate of drug-likeness (QED) is 0.756. The van der Waals surface area contributed by atoms with Crippen molar-refractivity contribution in [2.75, 3.05) is 6.61 Å².